The molecule has 0 saturated heterocycles. The molecule has 194 valence electrons. The maximum atomic E-state index is 10.5. The molecule has 1 amide bonds. The van der Waals surface area contributed by atoms with Crippen molar-refractivity contribution in [3.63, 3.8) is 0 Å². The fourth-order valence-electron chi connectivity index (χ4n) is 3.55. The van der Waals surface area contributed by atoms with E-state index in [1.54, 1.807) is 0 Å². The first-order valence-electron chi connectivity index (χ1n) is 12.9. The molecule has 4 N–H and O–H groups in total. The molecular formula is C26H55ClN2O3. The number of amides is 1. The smallest absolute Gasteiger partial charge is 0.217 e. The first kappa shape index (κ1) is 36.0. The maximum Gasteiger partial charge on any atom is 0.217 e. The number of quaternary nitrogens is 1. The van der Waals surface area contributed by atoms with Gasteiger partial charge >= 0.3 is 0 Å². The first-order chi connectivity index (χ1) is 14.7. The van der Waals surface area contributed by atoms with Crippen LogP contribution in [-0.4, -0.2) is 54.1 Å². The molecule has 0 atom stereocenters. The van der Waals surface area contributed by atoms with Gasteiger partial charge in [0.1, 0.15) is 0 Å². The number of aliphatic hydroxyl groups is 2. The van der Waals surface area contributed by atoms with E-state index in [2.05, 4.69) is 40.1 Å². The van der Waals surface area contributed by atoms with Crippen LogP contribution in [0.4, 0.5) is 0 Å². The largest absolute Gasteiger partial charge is 1.00 e. The number of rotatable bonds is 20. The molecule has 0 bridgehead atoms. The molecular weight excluding hydrogens is 424 g/mol. The number of nitrogens with zero attached hydrogens (tertiary/aromatic N) is 1. The standard InChI is InChI=1S/C18H35NO.C8H20NO2.ClH/c1-2-3-4-5-6-7-8-9-10-11-12-13-14-15-16-17-18(19)20;1-4-6-9(2,3)7-5-8(10)11;/h9-10H,2-8,11-17H2,1H3,(H2,19,20);8,10-11H,4-7H2,1-3H3;1H/q;+1;/p-1/b10-9-;;. The summed E-state index contributed by atoms with van der Waals surface area (Å²) in [4.78, 5) is 10.5. The van der Waals surface area contributed by atoms with Crippen LogP contribution in [0.25, 0.3) is 0 Å². The van der Waals surface area contributed by atoms with Gasteiger partial charge in [-0.1, -0.05) is 77.4 Å². The van der Waals surface area contributed by atoms with E-state index >= 15 is 0 Å². The molecule has 0 unspecified atom stereocenters. The number of aliphatic hydroxyl groups excluding tert-OH is 1. The lowest BCUT2D eigenvalue weighted by Crippen LogP contribution is -3.00. The average Bonchev–Trinajstić information content (AvgIpc) is 2.70. The molecule has 0 aliphatic heterocycles. The lowest BCUT2D eigenvalue weighted by molar-refractivity contribution is -0.891. The van der Waals surface area contributed by atoms with Gasteiger partial charge in [0.15, 0.2) is 6.29 Å². The fraction of sp³-hybridized carbons (Fsp3) is 0.885. The van der Waals surface area contributed by atoms with Crippen LogP contribution in [0, 0.1) is 0 Å². The Hall–Kier alpha value is -0.620. The number of allylic oxidation sites excluding steroid dienone is 2. The monoisotopic (exact) mass is 478 g/mol. The van der Waals surface area contributed by atoms with Crippen LogP contribution in [0.1, 0.15) is 117 Å². The highest BCUT2D eigenvalue weighted by molar-refractivity contribution is 5.73. The van der Waals surface area contributed by atoms with Gasteiger partial charge in [-0.15, -0.1) is 0 Å². The number of unbranched alkanes of at least 4 members (excludes halogenated alkanes) is 11. The van der Waals surface area contributed by atoms with Gasteiger partial charge in [-0.05, 0) is 38.5 Å². The van der Waals surface area contributed by atoms with Crippen LogP contribution < -0.4 is 18.1 Å². The fourth-order valence-corrected chi connectivity index (χ4v) is 3.55. The number of halogens is 1. The van der Waals surface area contributed by atoms with Crippen LogP contribution in [0.3, 0.4) is 0 Å². The zero-order chi connectivity index (χ0) is 23.8. The van der Waals surface area contributed by atoms with Crippen molar-refractivity contribution in [2.75, 3.05) is 27.2 Å². The molecule has 0 aromatic carbocycles. The van der Waals surface area contributed by atoms with Crippen molar-refractivity contribution in [1.29, 1.82) is 0 Å². The molecule has 0 saturated carbocycles. The number of hydrogen-bond acceptors (Lipinski definition) is 3. The molecule has 0 radical (unpaired) electrons. The van der Waals surface area contributed by atoms with Gasteiger partial charge in [-0.3, -0.25) is 4.79 Å². The number of nitrogens with two attached hydrogens (primary N) is 1. The van der Waals surface area contributed by atoms with Crippen molar-refractivity contribution in [2.45, 2.75) is 123 Å². The van der Waals surface area contributed by atoms with E-state index < -0.39 is 6.29 Å². The van der Waals surface area contributed by atoms with E-state index in [0.29, 0.717) is 12.8 Å². The molecule has 0 rings (SSSR count). The summed E-state index contributed by atoms with van der Waals surface area (Å²) in [7, 11) is 4.21. The number of hydrogen-bond donors (Lipinski definition) is 3. The van der Waals surface area contributed by atoms with E-state index in [0.717, 1.165) is 36.8 Å². The molecule has 0 aromatic rings. The Labute approximate surface area is 205 Å². The summed E-state index contributed by atoms with van der Waals surface area (Å²) in [6, 6.07) is 0. The zero-order valence-electron chi connectivity index (χ0n) is 21.7. The normalized spacial score (nSPS) is 11.3. The minimum absolute atomic E-state index is 0. The van der Waals surface area contributed by atoms with Crippen molar-refractivity contribution in [2.24, 2.45) is 5.73 Å². The molecule has 0 heterocycles. The number of primary amides is 1. The summed E-state index contributed by atoms with van der Waals surface area (Å²) in [5.74, 6) is -0.164. The predicted octanol–water partition coefficient (Wildman–Crippen LogP) is 2.69. The highest BCUT2D eigenvalue weighted by atomic mass is 35.5. The molecule has 0 aliphatic rings. The third kappa shape index (κ3) is 34.0. The van der Waals surface area contributed by atoms with E-state index in [1.165, 1.54) is 70.6 Å². The summed E-state index contributed by atoms with van der Waals surface area (Å²) < 4.78 is 0.869. The first-order valence-corrected chi connectivity index (χ1v) is 12.9. The Bertz CT molecular complexity index is 416. The van der Waals surface area contributed by atoms with Crippen LogP contribution in [0.2, 0.25) is 0 Å². The second-order valence-electron chi connectivity index (χ2n) is 9.45. The Kier molecular flexibility index (Phi) is 29.9. The topological polar surface area (TPSA) is 83.6 Å². The lowest BCUT2D eigenvalue weighted by Gasteiger charge is -2.29. The molecule has 5 nitrogen and oxygen atoms in total. The van der Waals surface area contributed by atoms with E-state index in [1.807, 2.05) is 0 Å². The van der Waals surface area contributed by atoms with Crippen LogP contribution >= 0.6 is 0 Å². The minimum Gasteiger partial charge on any atom is -1.00 e. The summed E-state index contributed by atoms with van der Waals surface area (Å²) in [5.41, 5.74) is 5.10. The zero-order valence-corrected chi connectivity index (χ0v) is 22.4. The quantitative estimate of drug-likeness (QED) is 0.109. The molecule has 6 heteroatoms. The molecule has 0 fully saturated rings. The van der Waals surface area contributed by atoms with Gasteiger partial charge in [0.2, 0.25) is 5.91 Å². The van der Waals surface area contributed by atoms with Gasteiger partial charge in [0.05, 0.1) is 27.2 Å². The highest BCUT2D eigenvalue weighted by Gasteiger charge is 2.14. The second kappa shape index (κ2) is 26.6. The second-order valence-corrected chi connectivity index (χ2v) is 9.45. The molecule has 0 aromatic heterocycles. The summed E-state index contributed by atoms with van der Waals surface area (Å²) >= 11 is 0. The lowest BCUT2D eigenvalue weighted by atomic mass is 10.1. The Balaban J connectivity index is -0.000000597. The van der Waals surface area contributed by atoms with Crippen LogP contribution in [0.15, 0.2) is 12.2 Å². The van der Waals surface area contributed by atoms with Crippen molar-refractivity contribution in [3.8, 4) is 0 Å². The summed E-state index contributed by atoms with van der Waals surface area (Å²) in [6.45, 7) is 6.31. The Morgan fingerprint density at radius 1 is 0.781 bits per heavy atom. The Morgan fingerprint density at radius 3 is 1.69 bits per heavy atom. The SMILES string of the molecule is CCCCCCCC/C=C\CCCCCCCC(N)=O.CCC[N+](C)(C)CCC(O)O.[Cl-]. The number of carbonyl (C=O) groups excluding carboxylic acids is 1. The van der Waals surface area contributed by atoms with Crippen molar-refractivity contribution >= 4 is 5.91 Å². The minimum atomic E-state index is -1.15. The van der Waals surface area contributed by atoms with Gasteiger partial charge in [0, 0.05) is 12.8 Å². The maximum absolute atomic E-state index is 10.5. The summed E-state index contributed by atoms with van der Waals surface area (Å²) in [5, 5.41) is 17.3. The Morgan fingerprint density at radius 2 is 1.25 bits per heavy atom. The van der Waals surface area contributed by atoms with Crippen molar-refractivity contribution in [1.82, 2.24) is 0 Å². The summed E-state index contributed by atoms with van der Waals surface area (Å²) in [6.07, 6.45) is 22.4. The van der Waals surface area contributed by atoms with E-state index in [-0.39, 0.29) is 18.3 Å². The highest BCUT2D eigenvalue weighted by Crippen LogP contribution is 2.09. The van der Waals surface area contributed by atoms with Crippen molar-refractivity contribution in [3.05, 3.63) is 12.2 Å². The molecule has 0 spiro atoms. The number of carbonyl (C=O) groups is 1. The third-order valence-electron chi connectivity index (χ3n) is 5.51. The predicted molar refractivity (Wildman–Crippen MR) is 134 cm³/mol. The van der Waals surface area contributed by atoms with E-state index in [4.69, 9.17) is 15.9 Å². The average molecular weight is 479 g/mol. The van der Waals surface area contributed by atoms with Gasteiger partial charge in [-0.2, -0.15) is 0 Å². The van der Waals surface area contributed by atoms with Gasteiger partial charge in [0.25, 0.3) is 0 Å². The molecule has 0 aliphatic carbocycles. The van der Waals surface area contributed by atoms with E-state index in [9.17, 15) is 4.79 Å². The van der Waals surface area contributed by atoms with Crippen LogP contribution in [0.5, 0.6) is 0 Å². The molecule has 32 heavy (non-hydrogen) atoms. The van der Waals surface area contributed by atoms with Gasteiger partial charge in [-0.25, -0.2) is 0 Å². The van der Waals surface area contributed by atoms with Gasteiger partial charge < -0.3 is 32.8 Å². The van der Waals surface area contributed by atoms with Crippen molar-refractivity contribution < 1.29 is 31.9 Å². The third-order valence-corrected chi connectivity index (χ3v) is 5.51. The van der Waals surface area contributed by atoms with Crippen LogP contribution in [-0.2, 0) is 4.79 Å².